The molecule has 2 aromatic carbocycles. The minimum Gasteiger partial charge on any atom is -0.491 e. The first-order valence-corrected chi connectivity index (χ1v) is 10.2. The number of rotatable bonds is 4. The molecule has 1 aliphatic rings. The van der Waals surface area contributed by atoms with Crippen LogP contribution in [0.2, 0.25) is 0 Å². The van der Waals surface area contributed by atoms with Gasteiger partial charge in [-0.2, -0.15) is 10.1 Å². The summed E-state index contributed by atoms with van der Waals surface area (Å²) in [6.45, 7) is 1.96. The molecule has 4 heterocycles. The molecule has 9 nitrogen and oxygen atoms in total. The zero-order valence-corrected chi connectivity index (χ0v) is 16.7. The van der Waals surface area contributed by atoms with Crippen LogP contribution in [0.1, 0.15) is 6.42 Å². The molecule has 9 heteroatoms. The molecule has 3 aromatic heterocycles. The van der Waals surface area contributed by atoms with Crippen LogP contribution in [0.15, 0.2) is 47.1 Å². The lowest BCUT2D eigenvalue weighted by Crippen LogP contribution is -2.01. The summed E-state index contributed by atoms with van der Waals surface area (Å²) in [5, 5.41) is 13.5. The zero-order valence-electron chi connectivity index (χ0n) is 16.7. The van der Waals surface area contributed by atoms with Crippen LogP contribution in [0.25, 0.3) is 44.6 Å². The molecule has 1 aliphatic heterocycles. The largest absolute Gasteiger partial charge is 0.491 e. The van der Waals surface area contributed by atoms with Crippen molar-refractivity contribution in [1.29, 1.82) is 0 Å². The number of oxazole rings is 1. The molecular weight excluding hydrogens is 396 g/mol. The second-order valence-electron chi connectivity index (χ2n) is 7.58. The van der Waals surface area contributed by atoms with Gasteiger partial charge in [0.15, 0.2) is 5.58 Å². The maximum atomic E-state index is 9.16. The van der Waals surface area contributed by atoms with Gasteiger partial charge >= 0.3 is 0 Å². The predicted octanol–water partition coefficient (Wildman–Crippen LogP) is 3.07. The Morgan fingerprint density at radius 3 is 2.87 bits per heavy atom. The fourth-order valence-electron chi connectivity index (χ4n) is 4.17. The van der Waals surface area contributed by atoms with Crippen LogP contribution in [0.5, 0.6) is 5.75 Å². The fraction of sp³-hybridized carbons (Fsp3) is 0.227. The summed E-state index contributed by atoms with van der Waals surface area (Å²) in [5.74, 6) is 1.67. The predicted molar refractivity (Wildman–Crippen MR) is 116 cm³/mol. The number of nitrogens with zero attached hydrogens (tertiary/aromatic N) is 5. The van der Waals surface area contributed by atoms with Crippen LogP contribution in [-0.2, 0) is 13.1 Å². The molecule has 0 atom stereocenters. The number of aryl methyl sites for hydroxylation is 1. The minimum absolute atomic E-state index is 0.0454. The van der Waals surface area contributed by atoms with Crippen molar-refractivity contribution in [3.05, 3.63) is 42.7 Å². The van der Waals surface area contributed by atoms with Crippen molar-refractivity contribution < 1.29 is 14.3 Å². The number of imidazole rings is 1. The Kier molecular flexibility index (Phi) is 3.97. The Balaban J connectivity index is 1.53. The Morgan fingerprint density at radius 2 is 1.97 bits per heavy atom. The van der Waals surface area contributed by atoms with Crippen LogP contribution in [-0.4, -0.2) is 42.6 Å². The lowest BCUT2D eigenvalue weighted by Gasteiger charge is -2.07. The Morgan fingerprint density at radius 1 is 1.06 bits per heavy atom. The zero-order chi connectivity index (χ0) is 20.9. The number of hydrogen-bond acceptors (Lipinski definition) is 7. The number of anilines is 1. The molecule has 0 bridgehead atoms. The number of fused-ring (bicyclic) bond motifs is 1. The van der Waals surface area contributed by atoms with E-state index in [1.165, 1.54) is 0 Å². The van der Waals surface area contributed by atoms with E-state index < -0.39 is 0 Å². The van der Waals surface area contributed by atoms with Gasteiger partial charge in [-0.25, -0.2) is 4.98 Å². The number of nitrogens with two attached hydrogens (primary N) is 1. The van der Waals surface area contributed by atoms with Gasteiger partial charge < -0.3 is 24.6 Å². The fourth-order valence-corrected chi connectivity index (χ4v) is 4.17. The molecule has 0 radical (unpaired) electrons. The molecule has 0 amide bonds. The van der Waals surface area contributed by atoms with Crippen molar-refractivity contribution in [2.45, 2.75) is 19.5 Å². The Bertz CT molecular complexity index is 1430. The molecule has 0 aliphatic carbocycles. The summed E-state index contributed by atoms with van der Waals surface area (Å²) in [4.78, 5) is 9.22. The maximum absolute atomic E-state index is 9.16. The standard InChI is InChI=1S/C22H20N6O3/c23-22-26-16-8-13(2-3-18(16)31-22)21-25-17-9-14(15-11-24-27(12-15)5-6-29)10-19-20(17)28(21)4-1-7-30-19/h2-3,8-12,29H,1,4-7H2,(H2,23,26). The molecule has 5 aromatic rings. The number of aromatic nitrogens is 5. The quantitative estimate of drug-likeness (QED) is 0.462. The SMILES string of the molecule is Nc1nc2cc(-c3nc4cc(-c5cnn(CCO)c5)cc5c4n3CCCO5)ccc2o1. The van der Waals surface area contributed by atoms with Gasteiger partial charge in [0.2, 0.25) is 0 Å². The van der Waals surface area contributed by atoms with Crippen LogP contribution in [0.4, 0.5) is 6.01 Å². The summed E-state index contributed by atoms with van der Waals surface area (Å²) in [7, 11) is 0. The number of nitrogen functional groups attached to an aromatic ring is 1. The maximum Gasteiger partial charge on any atom is 0.292 e. The van der Waals surface area contributed by atoms with E-state index in [9.17, 15) is 0 Å². The first-order valence-electron chi connectivity index (χ1n) is 10.2. The van der Waals surface area contributed by atoms with Crippen molar-refractivity contribution >= 4 is 28.1 Å². The van der Waals surface area contributed by atoms with E-state index in [0.29, 0.717) is 24.3 Å². The summed E-state index contributed by atoms with van der Waals surface area (Å²) in [5.41, 5.74) is 11.8. The highest BCUT2D eigenvalue weighted by Crippen LogP contribution is 2.37. The van der Waals surface area contributed by atoms with E-state index in [0.717, 1.165) is 52.3 Å². The van der Waals surface area contributed by atoms with Gasteiger partial charge in [-0.3, -0.25) is 4.68 Å². The topological polar surface area (TPSA) is 117 Å². The lowest BCUT2D eigenvalue weighted by molar-refractivity contribution is 0.269. The highest BCUT2D eigenvalue weighted by molar-refractivity contribution is 5.91. The molecule has 156 valence electrons. The second kappa shape index (κ2) is 6.85. The number of aliphatic hydroxyl groups excluding tert-OH is 1. The average Bonchev–Trinajstić information content (AvgIpc) is 3.42. The van der Waals surface area contributed by atoms with Crippen molar-refractivity contribution in [2.24, 2.45) is 0 Å². The minimum atomic E-state index is 0.0454. The Labute approximate surface area is 176 Å². The lowest BCUT2D eigenvalue weighted by atomic mass is 10.1. The molecular formula is C22H20N6O3. The van der Waals surface area contributed by atoms with E-state index in [-0.39, 0.29) is 12.6 Å². The summed E-state index contributed by atoms with van der Waals surface area (Å²) in [6.07, 6.45) is 4.60. The van der Waals surface area contributed by atoms with Gasteiger partial charge in [0.25, 0.3) is 6.01 Å². The van der Waals surface area contributed by atoms with Gasteiger partial charge in [-0.05, 0) is 42.3 Å². The van der Waals surface area contributed by atoms with E-state index in [2.05, 4.69) is 20.7 Å². The third-order valence-electron chi connectivity index (χ3n) is 5.55. The molecule has 0 fully saturated rings. The first kappa shape index (κ1) is 18.0. The average molecular weight is 416 g/mol. The van der Waals surface area contributed by atoms with Gasteiger partial charge in [-0.15, -0.1) is 0 Å². The second-order valence-corrected chi connectivity index (χ2v) is 7.58. The molecule has 3 N–H and O–H groups in total. The van der Waals surface area contributed by atoms with E-state index in [4.69, 9.17) is 25.0 Å². The molecule has 0 saturated carbocycles. The summed E-state index contributed by atoms with van der Waals surface area (Å²) >= 11 is 0. The van der Waals surface area contributed by atoms with Gasteiger partial charge in [0.1, 0.15) is 22.6 Å². The number of ether oxygens (including phenoxy) is 1. The van der Waals surface area contributed by atoms with Crippen LogP contribution < -0.4 is 10.5 Å². The first-order chi connectivity index (χ1) is 15.2. The molecule has 31 heavy (non-hydrogen) atoms. The van der Waals surface area contributed by atoms with Gasteiger partial charge in [0, 0.05) is 23.9 Å². The highest BCUT2D eigenvalue weighted by Gasteiger charge is 2.21. The summed E-state index contributed by atoms with van der Waals surface area (Å²) < 4.78 is 15.4. The number of benzene rings is 2. The van der Waals surface area contributed by atoms with Crippen molar-refractivity contribution in [1.82, 2.24) is 24.3 Å². The third-order valence-corrected chi connectivity index (χ3v) is 5.55. The summed E-state index contributed by atoms with van der Waals surface area (Å²) in [6, 6.07) is 10.0. The molecule has 6 rings (SSSR count). The molecule has 0 spiro atoms. The van der Waals surface area contributed by atoms with Crippen molar-refractivity contribution in [2.75, 3.05) is 18.9 Å². The van der Waals surface area contributed by atoms with Gasteiger partial charge in [0.05, 0.1) is 31.5 Å². The number of aliphatic hydroxyl groups is 1. The monoisotopic (exact) mass is 416 g/mol. The van der Waals surface area contributed by atoms with E-state index in [1.54, 1.807) is 10.9 Å². The van der Waals surface area contributed by atoms with E-state index in [1.807, 2.05) is 30.5 Å². The van der Waals surface area contributed by atoms with Crippen molar-refractivity contribution in [3.8, 4) is 28.3 Å². The normalized spacial score (nSPS) is 13.6. The Hall–Kier alpha value is -3.85. The molecule has 0 unspecified atom stereocenters. The van der Waals surface area contributed by atoms with Gasteiger partial charge in [-0.1, -0.05) is 0 Å². The van der Waals surface area contributed by atoms with Crippen molar-refractivity contribution in [3.63, 3.8) is 0 Å². The van der Waals surface area contributed by atoms with Crippen LogP contribution in [0, 0.1) is 0 Å². The highest BCUT2D eigenvalue weighted by atomic mass is 16.5. The van der Waals surface area contributed by atoms with Crippen LogP contribution in [0.3, 0.4) is 0 Å². The van der Waals surface area contributed by atoms with Crippen LogP contribution >= 0.6 is 0 Å². The number of hydrogen-bond donors (Lipinski definition) is 2. The van der Waals surface area contributed by atoms with E-state index >= 15 is 0 Å². The smallest absolute Gasteiger partial charge is 0.292 e. The molecule has 0 saturated heterocycles. The third kappa shape index (κ3) is 2.93.